The molecule has 5 nitrogen and oxygen atoms in total. The molecular weight excluding hydrogens is 133 g/mol. The molecule has 0 aliphatic carbocycles. The molecule has 0 bridgehead atoms. The number of aliphatic hydroxyl groups excluding tert-OH is 1. The van der Waals surface area contributed by atoms with Crippen molar-refractivity contribution in [3.8, 4) is 0 Å². The van der Waals surface area contributed by atoms with Gasteiger partial charge in [-0.3, -0.25) is 4.57 Å². The van der Waals surface area contributed by atoms with Gasteiger partial charge in [0.15, 0.2) is 5.85 Å². The van der Waals surface area contributed by atoms with Crippen molar-refractivity contribution in [3.63, 3.8) is 0 Å². The van der Waals surface area contributed by atoms with Crippen LogP contribution in [0.2, 0.25) is 0 Å². The number of aliphatic hydroxyl groups is 1. The molecule has 0 aromatic rings. The Bertz CT molecular complexity index is 96.2. The first-order chi connectivity index (χ1) is 2.94. The van der Waals surface area contributed by atoms with Gasteiger partial charge in [0.2, 0.25) is 0 Å². The molecule has 0 saturated carbocycles. The standard InChI is InChI=1S/C2H7O4P.H3N/c1-2(3)7(4,5)6;/h2-3H,1H3,(H2,4,5,6);1H3. The molecule has 6 heteroatoms. The Balaban J connectivity index is 0. The van der Waals surface area contributed by atoms with E-state index in [0.717, 1.165) is 6.92 Å². The van der Waals surface area contributed by atoms with Crippen molar-refractivity contribution in [2.45, 2.75) is 12.8 Å². The quantitative estimate of drug-likeness (QED) is 0.375. The minimum absolute atomic E-state index is 0. The van der Waals surface area contributed by atoms with Crippen LogP contribution in [0.15, 0.2) is 0 Å². The molecule has 0 aliphatic rings. The molecule has 0 fully saturated rings. The van der Waals surface area contributed by atoms with Crippen LogP contribution >= 0.6 is 7.60 Å². The van der Waals surface area contributed by atoms with Gasteiger partial charge < -0.3 is 21.0 Å². The fourth-order valence-electron chi connectivity index (χ4n) is 0. The van der Waals surface area contributed by atoms with Crippen LogP contribution in [0.1, 0.15) is 6.92 Å². The molecule has 0 aromatic carbocycles. The fraction of sp³-hybridized carbons (Fsp3) is 1.00. The van der Waals surface area contributed by atoms with Crippen molar-refractivity contribution in [1.29, 1.82) is 0 Å². The highest BCUT2D eigenvalue weighted by Crippen LogP contribution is 2.38. The molecule has 1 atom stereocenters. The SMILES string of the molecule is CC(O)P(=O)(O)O.N. The molecule has 0 spiro atoms. The molecule has 1 unspecified atom stereocenters. The summed E-state index contributed by atoms with van der Waals surface area (Å²) in [6.07, 6.45) is 0. The molecule has 0 aromatic heterocycles. The number of rotatable bonds is 1. The molecular formula is C2H10NO4P. The minimum Gasteiger partial charge on any atom is -0.381 e. The average Bonchev–Trinajstić information content (AvgIpc) is 1.31. The van der Waals surface area contributed by atoms with Crippen LogP contribution in [0, 0.1) is 0 Å². The van der Waals surface area contributed by atoms with E-state index >= 15 is 0 Å². The summed E-state index contributed by atoms with van der Waals surface area (Å²) >= 11 is 0. The maximum absolute atomic E-state index is 9.78. The van der Waals surface area contributed by atoms with E-state index in [4.69, 9.17) is 14.9 Å². The third-order valence-corrected chi connectivity index (χ3v) is 1.46. The Labute approximate surface area is 47.1 Å². The first-order valence-electron chi connectivity index (χ1n) is 1.68. The summed E-state index contributed by atoms with van der Waals surface area (Å²) in [4.78, 5) is 15.9. The predicted molar refractivity (Wildman–Crippen MR) is 28.7 cm³/mol. The minimum atomic E-state index is -4.18. The molecule has 52 valence electrons. The van der Waals surface area contributed by atoms with Crippen LogP contribution in [-0.4, -0.2) is 20.7 Å². The summed E-state index contributed by atoms with van der Waals surface area (Å²) < 4.78 is 9.78. The van der Waals surface area contributed by atoms with Gasteiger partial charge in [-0.1, -0.05) is 0 Å². The zero-order valence-electron chi connectivity index (χ0n) is 4.48. The normalized spacial score (nSPS) is 14.5. The Kier molecular flexibility index (Phi) is 4.33. The lowest BCUT2D eigenvalue weighted by Crippen LogP contribution is -1.98. The van der Waals surface area contributed by atoms with Crippen molar-refractivity contribution in [2.24, 2.45) is 0 Å². The van der Waals surface area contributed by atoms with Gasteiger partial charge in [-0.15, -0.1) is 0 Å². The van der Waals surface area contributed by atoms with Crippen molar-refractivity contribution >= 4 is 7.60 Å². The van der Waals surface area contributed by atoms with E-state index in [0.29, 0.717) is 0 Å². The largest absolute Gasteiger partial charge is 0.381 e. The van der Waals surface area contributed by atoms with Crippen LogP contribution in [0.4, 0.5) is 0 Å². The van der Waals surface area contributed by atoms with Crippen molar-refractivity contribution in [1.82, 2.24) is 6.15 Å². The van der Waals surface area contributed by atoms with E-state index in [2.05, 4.69) is 0 Å². The van der Waals surface area contributed by atoms with Gasteiger partial charge in [0.05, 0.1) is 0 Å². The van der Waals surface area contributed by atoms with Crippen LogP contribution in [0.3, 0.4) is 0 Å². The third-order valence-electron chi connectivity index (χ3n) is 0.487. The van der Waals surface area contributed by atoms with Gasteiger partial charge in [-0.25, -0.2) is 0 Å². The van der Waals surface area contributed by atoms with Crippen LogP contribution < -0.4 is 6.15 Å². The van der Waals surface area contributed by atoms with Crippen molar-refractivity contribution in [3.05, 3.63) is 0 Å². The van der Waals surface area contributed by atoms with Crippen LogP contribution in [-0.2, 0) is 4.57 Å². The molecule has 8 heavy (non-hydrogen) atoms. The fourth-order valence-corrected chi connectivity index (χ4v) is 0. The lowest BCUT2D eigenvalue weighted by molar-refractivity contribution is 0.218. The third kappa shape index (κ3) is 4.23. The Morgan fingerprint density at radius 3 is 1.62 bits per heavy atom. The molecule has 0 heterocycles. The first kappa shape index (κ1) is 10.9. The van der Waals surface area contributed by atoms with Gasteiger partial charge >= 0.3 is 7.60 Å². The van der Waals surface area contributed by atoms with Gasteiger partial charge in [-0.2, -0.15) is 0 Å². The Morgan fingerprint density at radius 1 is 1.50 bits per heavy atom. The van der Waals surface area contributed by atoms with E-state index in [9.17, 15) is 4.57 Å². The summed E-state index contributed by atoms with van der Waals surface area (Å²) in [5.74, 6) is -1.53. The van der Waals surface area contributed by atoms with E-state index < -0.39 is 13.4 Å². The second-order valence-corrected chi connectivity index (χ2v) is 3.15. The van der Waals surface area contributed by atoms with E-state index in [-0.39, 0.29) is 6.15 Å². The zero-order chi connectivity index (χ0) is 6.08. The second-order valence-electron chi connectivity index (χ2n) is 1.22. The van der Waals surface area contributed by atoms with Crippen LogP contribution in [0.5, 0.6) is 0 Å². The van der Waals surface area contributed by atoms with Gasteiger partial charge in [0, 0.05) is 0 Å². The zero-order valence-corrected chi connectivity index (χ0v) is 5.38. The van der Waals surface area contributed by atoms with Crippen molar-refractivity contribution < 1.29 is 19.5 Å². The van der Waals surface area contributed by atoms with E-state index in [1.165, 1.54) is 0 Å². The second kappa shape index (κ2) is 3.17. The average molecular weight is 143 g/mol. The van der Waals surface area contributed by atoms with E-state index in [1.54, 1.807) is 0 Å². The summed E-state index contributed by atoms with van der Waals surface area (Å²) in [7, 11) is -4.18. The maximum atomic E-state index is 9.78. The Morgan fingerprint density at radius 2 is 1.62 bits per heavy atom. The molecule has 0 rings (SSSR count). The lowest BCUT2D eigenvalue weighted by Gasteiger charge is -2.03. The first-order valence-corrected chi connectivity index (χ1v) is 3.36. The monoisotopic (exact) mass is 143 g/mol. The predicted octanol–water partition coefficient (Wildman–Crippen LogP) is -0.336. The molecule has 0 amide bonds. The topological polar surface area (TPSA) is 113 Å². The molecule has 0 aliphatic heterocycles. The maximum Gasteiger partial charge on any atom is 0.353 e. The molecule has 0 saturated heterocycles. The van der Waals surface area contributed by atoms with E-state index in [1.807, 2.05) is 0 Å². The van der Waals surface area contributed by atoms with Gasteiger partial charge in [0.25, 0.3) is 0 Å². The van der Waals surface area contributed by atoms with Gasteiger partial charge in [-0.05, 0) is 6.92 Å². The highest BCUT2D eigenvalue weighted by Gasteiger charge is 2.19. The highest BCUT2D eigenvalue weighted by atomic mass is 31.2. The van der Waals surface area contributed by atoms with Crippen molar-refractivity contribution in [2.75, 3.05) is 0 Å². The number of hydrogen-bond acceptors (Lipinski definition) is 3. The Hall–Kier alpha value is 0.0700. The summed E-state index contributed by atoms with van der Waals surface area (Å²) in [6.45, 7) is 1.04. The van der Waals surface area contributed by atoms with Crippen LogP contribution in [0.25, 0.3) is 0 Å². The summed E-state index contributed by atoms with van der Waals surface area (Å²) in [6, 6.07) is 0. The molecule has 6 N–H and O–H groups in total. The highest BCUT2D eigenvalue weighted by molar-refractivity contribution is 7.52. The smallest absolute Gasteiger partial charge is 0.353 e. The summed E-state index contributed by atoms with van der Waals surface area (Å²) in [5.41, 5.74) is 0. The van der Waals surface area contributed by atoms with Gasteiger partial charge in [0.1, 0.15) is 0 Å². The summed E-state index contributed by atoms with van der Waals surface area (Å²) in [5, 5.41) is 8.13. The molecule has 0 radical (unpaired) electrons. The number of hydrogen-bond donors (Lipinski definition) is 4. The lowest BCUT2D eigenvalue weighted by atomic mass is 10.9.